The van der Waals surface area contributed by atoms with Crippen LogP contribution in [0.25, 0.3) is 0 Å². The average Bonchev–Trinajstić information content (AvgIpc) is 2.80. The van der Waals surface area contributed by atoms with Crippen molar-refractivity contribution >= 4 is 22.9 Å². The Morgan fingerprint density at radius 3 is 2.53 bits per heavy atom. The van der Waals surface area contributed by atoms with E-state index in [0.717, 1.165) is 31.4 Å². The monoisotopic (exact) mass is 286 g/mol. The van der Waals surface area contributed by atoms with E-state index in [9.17, 15) is 8.78 Å². The fourth-order valence-electron chi connectivity index (χ4n) is 2.41. The molecule has 2 unspecified atom stereocenters. The number of halogens is 2. The minimum atomic E-state index is -0.690. The van der Waals surface area contributed by atoms with E-state index in [1.165, 1.54) is 0 Å². The molecule has 1 fully saturated rings. The third kappa shape index (κ3) is 3.01. The first-order valence-corrected chi connectivity index (χ1v) is 6.52. The highest BCUT2D eigenvalue weighted by atomic mass is 32.1. The molecule has 1 aliphatic carbocycles. The number of benzene rings is 1. The van der Waals surface area contributed by atoms with Crippen LogP contribution in [0.5, 0.6) is 0 Å². The molecule has 0 amide bonds. The van der Waals surface area contributed by atoms with Gasteiger partial charge >= 0.3 is 0 Å². The predicted octanol–water partition coefficient (Wildman–Crippen LogP) is 2.58. The standard InChI is InChI=1S/C13H16F2N2OS/c1-18-11-4-2-3-10(11)17-12-8(14)5-7(13(16)19)6-9(12)15/h5-6,10-11,17H,2-4H2,1H3,(H2,16,19). The van der Waals surface area contributed by atoms with E-state index in [2.05, 4.69) is 5.32 Å². The molecule has 6 heteroatoms. The maximum atomic E-state index is 13.9. The van der Waals surface area contributed by atoms with Crippen LogP contribution < -0.4 is 11.1 Å². The summed E-state index contributed by atoms with van der Waals surface area (Å²) in [7, 11) is 1.60. The van der Waals surface area contributed by atoms with E-state index in [0.29, 0.717) is 0 Å². The van der Waals surface area contributed by atoms with E-state index in [-0.39, 0.29) is 28.4 Å². The molecular formula is C13H16F2N2OS. The molecule has 1 saturated carbocycles. The number of thiocarbonyl (C=S) groups is 1. The molecule has 0 saturated heterocycles. The lowest BCUT2D eigenvalue weighted by molar-refractivity contribution is 0.101. The zero-order chi connectivity index (χ0) is 14.0. The quantitative estimate of drug-likeness (QED) is 0.835. The van der Waals surface area contributed by atoms with Crippen LogP contribution >= 0.6 is 12.2 Å². The molecule has 0 aromatic heterocycles. The Balaban J connectivity index is 2.23. The lowest BCUT2D eigenvalue weighted by atomic mass is 10.1. The van der Waals surface area contributed by atoms with Crippen molar-refractivity contribution in [3.63, 3.8) is 0 Å². The largest absolute Gasteiger partial charge is 0.389 e. The molecule has 1 aromatic carbocycles. The molecule has 3 N–H and O–H groups in total. The Bertz CT molecular complexity index is 473. The van der Waals surface area contributed by atoms with Gasteiger partial charge in [-0.15, -0.1) is 0 Å². The Labute approximate surface area is 116 Å². The summed E-state index contributed by atoms with van der Waals surface area (Å²) in [6.45, 7) is 0. The second kappa shape index (κ2) is 5.79. The van der Waals surface area contributed by atoms with Gasteiger partial charge in [0, 0.05) is 12.7 Å². The SMILES string of the molecule is COC1CCCC1Nc1c(F)cc(C(N)=S)cc1F. The van der Waals surface area contributed by atoms with Crippen molar-refractivity contribution in [3.05, 3.63) is 29.3 Å². The number of nitrogens with one attached hydrogen (secondary N) is 1. The molecule has 2 atom stereocenters. The lowest BCUT2D eigenvalue weighted by Gasteiger charge is -2.21. The number of methoxy groups -OCH3 is 1. The highest BCUT2D eigenvalue weighted by molar-refractivity contribution is 7.80. The van der Waals surface area contributed by atoms with E-state index < -0.39 is 11.6 Å². The van der Waals surface area contributed by atoms with Gasteiger partial charge in [0.25, 0.3) is 0 Å². The maximum absolute atomic E-state index is 13.9. The lowest BCUT2D eigenvalue weighted by Crippen LogP contribution is -2.30. The van der Waals surface area contributed by atoms with Crippen molar-refractivity contribution in [1.29, 1.82) is 0 Å². The van der Waals surface area contributed by atoms with Crippen LogP contribution in [-0.2, 0) is 4.74 Å². The van der Waals surface area contributed by atoms with E-state index in [1.807, 2.05) is 0 Å². The summed E-state index contributed by atoms with van der Waals surface area (Å²) in [6.07, 6.45) is 2.68. The molecule has 0 spiro atoms. The number of nitrogens with two attached hydrogens (primary N) is 1. The Morgan fingerprint density at radius 1 is 1.37 bits per heavy atom. The van der Waals surface area contributed by atoms with Crippen LogP contribution in [0.4, 0.5) is 14.5 Å². The average molecular weight is 286 g/mol. The number of hydrogen-bond donors (Lipinski definition) is 2. The maximum Gasteiger partial charge on any atom is 0.150 e. The fourth-order valence-corrected chi connectivity index (χ4v) is 2.53. The summed E-state index contributed by atoms with van der Waals surface area (Å²) in [6, 6.07) is 2.21. The highest BCUT2D eigenvalue weighted by Crippen LogP contribution is 2.28. The van der Waals surface area contributed by atoms with Crippen LogP contribution in [0.2, 0.25) is 0 Å². The molecule has 1 aromatic rings. The second-order valence-electron chi connectivity index (χ2n) is 4.64. The summed E-state index contributed by atoms with van der Waals surface area (Å²) in [5.74, 6) is -1.38. The van der Waals surface area contributed by atoms with Crippen LogP contribution in [0.3, 0.4) is 0 Å². The van der Waals surface area contributed by atoms with Crippen LogP contribution in [0.15, 0.2) is 12.1 Å². The van der Waals surface area contributed by atoms with Gasteiger partial charge in [0.15, 0.2) is 0 Å². The molecule has 0 radical (unpaired) electrons. The molecule has 0 aliphatic heterocycles. The van der Waals surface area contributed by atoms with Gasteiger partial charge in [-0.2, -0.15) is 0 Å². The summed E-state index contributed by atoms with van der Waals surface area (Å²) < 4.78 is 33.1. The van der Waals surface area contributed by atoms with Gasteiger partial charge in [0.05, 0.1) is 12.1 Å². The minimum Gasteiger partial charge on any atom is -0.389 e. The Hall–Kier alpha value is -1.27. The molecular weight excluding hydrogens is 270 g/mol. The normalized spacial score (nSPS) is 22.5. The van der Waals surface area contributed by atoms with Gasteiger partial charge in [-0.25, -0.2) is 8.78 Å². The predicted molar refractivity (Wildman–Crippen MR) is 74.3 cm³/mol. The minimum absolute atomic E-state index is 0.0194. The van der Waals surface area contributed by atoms with Gasteiger partial charge in [0.2, 0.25) is 0 Å². The summed E-state index contributed by atoms with van der Waals surface area (Å²) in [4.78, 5) is -0.0278. The van der Waals surface area contributed by atoms with Crippen molar-refractivity contribution in [2.75, 3.05) is 12.4 Å². The summed E-state index contributed by atoms with van der Waals surface area (Å²) in [5.41, 5.74) is 5.41. The third-order valence-electron chi connectivity index (χ3n) is 3.41. The number of hydrogen-bond acceptors (Lipinski definition) is 3. The number of anilines is 1. The van der Waals surface area contributed by atoms with Gasteiger partial charge in [-0.1, -0.05) is 12.2 Å². The third-order valence-corrected chi connectivity index (χ3v) is 3.65. The molecule has 2 rings (SSSR count). The molecule has 19 heavy (non-hydrogen) atoms. The summed E-state index contributed by atoms with van der Waals surface area (Å²) in [5, 5.41) is 2.89. The van der Waals surface area contributed by atoms with Gasteiger partial charge in [-0.05, 0) is 31.4 Å². The first-order chi connectivity index (χ1) is 9.02. The Kier molecular flexibility index (Phi) is 4.31. The molecule has 0 bridgehead atoms. The molecule has 1 aliphatic rings. The smallest absolute Gasteiger partial charge is 0.150 e. The molecule has 104 valence electrons. The van der Waals surface area contributed by atoms with E-state index >= 15 is 0 Å². The van der Waals surface area contributed by atoms with Gasteiger partial charge in [0.1, 0.15) is 22.3 Å². The van der Waals surface area contributed by atoms with Crippen LogP contribution in [0, 0.1) is 11.6 Å². The molecule has 0 heterocycles. The van der Waals surface area contributed by atoms with Crippen molar-refractivity contribution in [1.82, 2.24) is 0 Å². The fraction of sp³-hybridized carbons (Fsp3) is 0.462. The first kappa shape index (κ1) is 14.1. The molecule has 3 nitrogen and oxygen atoms in total. The second-order valence-corrected chi connectivity index (χ2v) is 5.07. The van der Waals surface area contributed by atoms with Crippen molar-refractivity contribution in [2.24, 2.45) is 5.73 Å². The first-order valence-electron chi connectivity index (χ1n) is 6.11. The zero-order valence-corrected chi connectivity index (χ0v) is 11.4. The highest BCUT2D eigenvalue weighted by Gasteiger charge is 2.28. The van der Waals surface area contributed by atoms with Crippen LogP contribution in [-0.4, -0.2) is 24.2 Å². The van der Waals surface area contributed by atoms with E-state index in [1.54, 1.807) is 7.11 Å². The number of rotatable bonds is 4. The van der Waals surface area contributed by atoms with Crippen LogP contribution in [0.1, 0.15) is 24.8 Å². The number of ether oxygens (including phenoxy) is 1. The zero-order valence-electron chi connectivity index (χ0n) is 10.6. The van der Waals surface area contributed by atoms with E-state index in [4.69, 9.17) is 22.7 Å². The Morgan fingerprint density at radius 2 is 2.00 bits per heavy atom. The van der Waals surface area contributed by atoms with Crippen molar-refractivity contribution in [2.45, 2.75) is 31.4 Å². The van der Waals surface area contributed by atoms with Gasteiger partial charge in [-0.3, -0.25) is 0 Å². The summed E-state index contributed by atoms with van der Waals surface area (Å²) >= 11 is 4.71. The van der Waals surface area contributed by atoms with Crippen molar-refractivity contribution in [3.8, 4) is 0 Å². The van der Waals surface area contributed by atoms with Gasteiger partial charge < -0.3 is 15.8 Å². The topological polar surface area (TPSA) is 47.3 Å². The van der Waals surface area contributed by atoms with Crippen molar-refractivity contribution < 1.29 is 13.5 Å².